The fraction of sp³-hybridized carbons (Fsp3) is 0.375. The topological polar surface area (TPSA) is 43.4 Å². The Morgan fingerprint density at radius 1 is 1.64 bits per heavy atom. The molecule has 3 nitrogen and oxygen atoms in total. The molecule has 0 radical (unpaired) electrons. The van der Waals surface area contributed by atoms with Gasteiger partial charge in [-0.25, -0.2) is 9.59 Å². The molecule has 0 rings (SSSR count). The van der Waals surface area contributed by atoms with Crippen molar-refractivity contribution < 1.29 is 14.3 Å². The summed E-state index contributed by atoms with van der Waals surface area (Å²) in [6.07, 6.45) is 3.71. The highest BCUT2D eigenvalue weighted by atomic mass is 16.5. The van der Waals surface area contributed by atoms with Gasteiger partial charge in [0.25, 0.3) is 0 Å². The van der Waals surface area contributed by atoms with Crippen molar-refractivity contribution in [1.82, 2.24) is 0 Å². The summed E-state index contributed by atoms with van der Waals surface area (Å²) < 4.78 is 4.63. The molecule has 11 heavy (non-hydrogen) atoms. The zero-order valence-corrected chi connectivity index (χ0v) is 6.21. The van der Waals surface area contributed by atoms with Crippen LogP contribution >= 0.6 is 0 Å². The minimum atomic E-state index is -0.430. The van der Waals surface area contributed by atoms with Crippen LogP contribution in [0.3, 0.4) is 0 Å². The molecule has 0 aliphatic rings. The summed E-state index contributed by atoms with van der Waals surface area (Å²) in [7, 11) is 0. The third-order valence-electron chi connectivity index (χ3n) is 0.987. The van der Waals surface area contributed by atoms with Gasteiger partial charge < -0.3 is 4.74 Å². The minimum Gasteiger partial charge on any atom is -0.463 e. The van der Waals surface area contributed by atoms with Crippen molar-refractivity contribution in [3.05, 3.63) is 18.7 Å². The molecule has 0 saturated carbocycles. The Kier molecular flexibility index (Phi) is 5.95. The zero-order chi connectivity index (χ0) is 8.53. The molecule has 0 unspecified atom stereocenters. The average Bonchev–Trinajstić information content (AvgIpc) is 2.04. The first-order valence-corrected chi connectivity index (χ1v) is 3.29. The van der Waals surface area contributed by atoms with Gasteiger partial charge in [-0.1, -0.05) is 6.58 Å². The number of hydrogen-bond acceptors (Lipinski definition) is 3. The van der Waals surface area contributed by atoms with E-state index in [-0.39, 0.29) is 0 Å². The van der Waals surface area contributed by atoms with Crippen LogP contribution in [0, 0.1) is 0 Å². The van der Waals surface area contributed by atoms with Gasteiger partial charge in [0.2, 0.25) is 0 Å². The van der Waals surface area contributed by atoms with Crippen molar-refractivity contribution >= 4 is 11.9 Å². The van der Waals surface area contributed by atoms with E-state index in [2.05, 4.69) is 11.3 Å². The summed E-state index contributed by atoms with van der Waals surface area (Å²) in [4.78, 5) is 20.1. The predicted molar refractivity (Wildman–Crippen MR) is 40.7 cm³/mol. The number of allylic oxidation sites excluding steroid dienone is 1. The number of rotatable bonds is 5. The van der Waals surface area contributed by atoms with Crippen molar-refractivity contribution in [3.63, 3.8) is 0 Å². The molecule has 3 heteroatoms. The molecule has 0 N–H and O–H groups in total. The Hall–Kier alpha value is -1.34. The van der Waals surface area contributed by atoms with E-state index in [1.807, 2.05) is 0 Å². The highest BCUT2D eigenvalue weighted by Gasteiger charge is 1.92. The molecule has 0 aromatic heterocycles. The van der Waals surface area contributed by atoms with Gasteiger partial charge in [0, 0.05) is 6.08 Å². The van der Waals surface area contributed by atoms with Crippen molar-refractivity contribution in [2.75, 3.05) is 6.61 Å². The summed E-state index contributed by atoms with van der Waals surface area (Å²) in [5.41, 5.74) is 0. The van der Waals surface area contributed by atoms with Crippen LogP contribution in [-0.2, 0) is 14.3 Å². The Labute approximate surface area is 65.4 Å². The largest absolute Gasteiger partial charge is 0.463 e. The van der Waals surface area contributed by atoms with Crippen molar-refractivity contribution in [2.24, 2.45) is 0 Å². The lowest BCUT2D eigenvalue weighted by atomic mass is 10.3. The SMILES string of the molecule is C=CC(=O)OCCCC=C=O. The Balaban J connectivity index is 3.20. The first-order chi connectivity index (χ1) is 5.31. The monoisotopic (exact) mass is 154 g/mol. The van der Waals surface area contributed by atoms with E-state index < -0.39 is 5.97 Å². The molecular formula is C8H10O3. The van der Waals surface area contributed by atoms with E-state index in [9.17, 15) is 9.59 Å². The van der Waals surface area contributed by atoms with Crippen LogP contribution in [0.1, 0.15) is 12.8 Å². The highest BCUT2D eigenvalue weighted by molar-refractivity contribution is 5.81. The maximum Gasteiger partial charge on any atom is 0.330 e. The lowest BCUT2D eigenvalue weighted by Gasteiger charge is -1.97. The summed E-state index contributed by atoms with van der Waals surface area (Å²) in [6, 6.07) is 0. The summed E-state index contributed by atoms with van der Waals surface area (Å²) >= 11 is 0. The zero-order valence-electron chi connectivity index (χ0n) is 6.21. The standard InChI is InChI=1S/C8H10O3/c1-2-8(10)11-7-5-3-4-6-9/h2,4H,1,3,5,7H2. The van der Waals surface area contributed by atoms with Crippen LogP contribution in [0.25, 0.3) is 0 Å². The molecule has 0 heterocycles. The molecule has 0 atom stereocenters. The van der Waals surface area contributed by atoms with E-state index in [0.29, 0.717) is 19.4 Å². The Morgan fingerprint density at radius 2 is 2.36 bits per heavy atom. The lowest BCUT2D eigenvalue weighted by molar-refractivity contribution is -0.137. The summed E-state index contributed by atoms with van der Waals surface area (Å²) in [6.45, 7) is 3.55. The number of esters is 1. The van der Waals surface area contributed by atoms with Gasteiger partial charge >= 0.3 is 5.97 Å². The van der Waals surface area contributed by atoms with Crippen molar-refractivity contribution in [3.8, 4) is 0 Å². The maximum atomic E-state index is 10.4. The number of unbranched alkanes of at least 4 members (excludes halogenated alkanes) is 1. The van der Waals surface area contributed by atoms with Crippen LogP contribution in [-0.4, -0.2) is 18.5 Å². The third-order valence-corrected chi connectivity index (χ3v) is 0.987. The fourth-order valence-corrected chi connectivity index (χ4v) is 0.476. The molecule has 0 aliphatic carbocycles. The maximum absolute atomic E-state index is 10.4. The first kappa shape index (κ1) is 9.66. The van der Waals surface area contributed by atoms with Gasteiger partial charge in [-0.15, -0.1) is 0 Å². The van der Waals surface area contributed by atoms with Gasteiger partial charge in [0.1, 0.15) is 5.94 Å². The van der Waals surface area contributed by atoms with Crippen LogP contribution in [0.5, 0.6) is 0 Å². The second-order valence-electron chi connectivity index (χ2n) is 1.84. The second-order valence-corrected chi connectivity index (χ2v) is 1.84. The first-order valence-electron chi connectivity index (χ1n) is 3.29. The second kappa shape index (κ2) is 6.78. The average molecular weight is 154 g/mol. The molecule has 0 saturated heterocycles. The molecule has 0 aromatic rings. The van der Waals surface area contributed by atoms with E-state index in [1.54, 1.807) is 5.94 Å². The summed E-state index contributed by atoms with van der Waals surface area (Å²) in [5, 5.41) is 0. The predicted octanol–water partition coefficient (Wildman–Crippen LogP) is 0.884. The van der Waals surface area contributed by atoms with Gasteiger partial charge in [0.15, 0.2) is 0 Å². The molecule has 0 spiro atoms. The van der Waals surface area contributed by atoms with E-state index in [4.69, 9.17) is 0 Å². The van der Waals surface area contributed by atoms with Crippen LogP contribution in [0.15, 0.2) is 18.7 Å². The molecule has 0 aliphatic heterocycles. The van der Waals surface area contributed by atoms with E-state index in [0.717, 1.165) is 6.08 Å². The van der Waals surface area contributed by atoms with Crippen LogP contribution < -0.4 is 0 Å². The number of ether oxygens (including phenoxy) is 1. The number of carbonyl (C=O) groups is 1. The van der Waals surface area contributed by atoms with E-state index in [1.165, 1.54) is 6.08 Å². The fourth-order valence-electron chi connectivity index (χ4n) is 0.476. The van der Waals surface area contributed by atoms with Gasteiger partial charge in [-0.05, 0) is 18.9 Å². The Morgan fingerprint density at radius 3 is 2.91 bits per heavy atom. The van der Waals surface area contributed by atoms with Gasteiger partial charge in [0.05, 0.1) is 6.61 Å². The van der Waals surface area contributed by atoms with Gasteiger partial charge in [-0.3, -0.25) is 0 Å². The molecule has 0 amide bonds. The van der Waals surface area contributed by atoms with Crippen molar-refractivity contribution in [2.45, 2.75) is 12.8 Å². The highest BCUT2D eigenvalue weighted by Crippen LogP contribution is 1.90. The van der Waals surface area contributed by atoms with Crippen LogP contribution in [0.2, 0.25) is 0 Å². The quantitative estimate of drug-likeness (QED) is 0.255. The van der Waals surface area contributed by atoms with Gasteiger partial charge in [-0.2, -0.15) is 0 Å². The molecular weight excluding hydrogens is 144 g/mol. The molecule has 0 fully saturated rings. The minimum absolute atomic E-state index is 0.322. The normalized spacial score (nSPS) is 8.00. The van der Waals surface area contributed by atoms with Crippen molar-refractivity contribution in [1.29, 1.82) is 0 Å². The molecule has 60 valence electrons. The van der Waals surface area contributed by atoms with E-state index >= 15 is 0 Å². The smallest absolute Gasteiger partial charge is 0.330 e. The van der Waals surface area contributed by atoms with Crippen LogP contribution in [0.4, 0.5) is 0 Å². The lowest BCUT2D eigenvalue weighted by Crippen LogP contribution is -2.00. The third kappa shape index (κ3) is 6.55. The number of hydrogen-bond donors (Lipinski definition) is 0. The Bertz CT molecular complexity index is 178. The summed E-state index contributed by atoms with van der Waals surface area (Å²) in [5.74, 6) is 1.20. The molecule has 0 bridgehead atoms. The number of carbonyl (C=O) groups excluding carboxylic acids is 2. The molecule has 0 aromatic carbocycles.